The van der Waals surface area contributed by atoms with Crippen molar-refractivity contribution in [1.82, 2.24) is 14.9 Å². The van der Waals surface area contributed by atoms with Gasteiger partial charge < -0.3 is 25.2 Å². The quantitative estimate of drug-likeness (QED) is 0.569. The number of aliphatic hydroxyl groups excluding tert-OH is 2. The summed E-state index contributed by atoms with van der Waals surface area (Å²) in [5.74, 6) is -2.43. The number of likely N-dealkylation sites (tertiary alicyclic amines) is 1. The molecule has 3 N–H and O–H groups in total. The number of carbonyl (C=O) groups excluding carboxylic acids is 1. The first-order chi connectivity index (χ1) is 17.3. The second-order valence-corrected chi connectivity index (χ2v) is 9.26. The third kappa shape index (κ3) is 4.28. The third-order valence-corrected chi connectivity index (χ3v) is 7.01. The van der Waals surface area contributed by atoms with Crippen molar-refractivity contribution < 1.29 is 32.9 Å². The number of carbonyl (C=O) groups is 1. The molecule has 1 saturated heterocycles. The Labute approximate surface area is 205 Å². The number of methoxy groups -OCH3 is 1. The monoisotopic (exact) mass is 505 g/mol. The number of ether oxygens (including phenoxy) is 1. The number of rotatable bonds is 5. The highest BCUT2D eigenvalue weighted by atomic mass is 19.1. The SMILES string of the molecule is COc1c(F)cc(F)cc1[C@H]1C[C@H](F)CN1C(=O)C1=NCc2ncnc(N[C@@H]3CCC[C@@H](O)[C@H]3O)c21. The molecule has 2 aromatic rings. The number of hydrogen-bond acceptors (Lipinski definition) is 8. The lowest BCUT2D eigenvalue weighted by molar-refractivity contribution is -0.125. The van der Waals surface area contributed by atoms with Crippen molar-refractivity contribution in [3.63, 3.8) is 0 Å². The third-order valence-electron chi connectivity index (χ3n) is 7.01. The van der Waals surface area contributed by atoms with Crippen LogP contribution >= 0.6 is 0 Å². The Morgan fingerprint density at radius 2 is 2.03 bits per heavy atom. The van der Waals surface area contributed by atoms with Crippen LogP contribution in [-0.4, -0.2) is 74.8 Å². The summed E-state index contributed by atoms with van der Waals surface area (Å²) in [6, 6.07) is 0.232. The van der Waals surface area contributed by atoms with Crippen LogP contribution in [0.15, 0.2) is 23.5 Å². The van der Waals surface area contributed by atoms with Crippen molar-refractivity contribution in [2.75, 3.05) is 19.0 Å². The number of fused-ring (bicyclic) bond motifs is 1. The van der Waals surface area contributed by atoms with Crippen LogP contribution in [0.1, 0.15) is 48.5 Å². The van der Waals surface area contributed by atoms with Crippen molar-refractivity contribution in [1.29, 1.82) is 0 Å². The number of aliphatic hydroxyl groups is 2. The second kappa shape index (κ2) is 9.66. The smallest absolute Gasteiger partial charge is 0.273 e. The summed E-state index contributed by atoms with van der Waals surface area (Å²) < 4.78 is 48.2. The van der Waals surface area contributed by atoms with Gasteiger partial charge in [-0.25, -0.2) is 23.1 Å². The summed E-state index contributed by atoms with van der Waals surface area (Å²) >= 11 is 0. The largest absolute Gasteiger partial charge is 0.493 e. The van der Waals surface area contributed by atoms with Gasteiger partial charge in [0.1, 0.15) is 29.8 Å². The fraction of sp³-hybridized carbons (Fsp3) is 0.500. The van der Waals surface area contributed by atoms with Crippen molar-refractivity contribution in [3.05, 3.63) is 46.9 Å². The molecule has 192 valence electrons. The maximum Gasteiger partial charge on any atom is 0.273 e. The number of amides is 1. The predicted molar refractivity (Wildman–Crippen MR) is 122 cm³/mol. The normalized spacial score (nSPS) is 27.6. The lowest BCUT2D eigenvalue weighted by Gasteiger charge is -2.33. The van der Waals surface area contributed by atoms with Gasteiger partial charge in [0.2, 0.25) is 0 Å². The van der Waals surface area contributed by atoms with Gasteiger partial charge in [0, 0.05) is 18.1 Å². The van der Waals surface area contributed by atoms with E-state index in [1.54, 1.807) is 0 Å². The number of aromatic nitrogens is 2. The minimum atomic E-state index is -1.42. The number of anilines is 1. The van der Waals surface area contributed by atoms with Crippen LogP contribution in [0.2, 0.25) is 0 Å². The molecule has 1 amide bonds. The highest BCUT2D eigenvalue weighted by molar-refractivity contribution is 6.47. The molecule has 36 heavy (non-hydrogen) atoms. The minimum Gasteiger partial charge on any atom is -0.493 e. The first-order valence-electron chi connectivity index (χ1n) is 11.8. The number of nitrogens with zero attached hydrogens (tertiary/aromatic N) is 4. The van der Waals surface area contributed by atoms with Gasteiger partial charge in [-0.15, -0.1) is 0 Å². The molecular formula is C24H26F3N5O4. The molecule has 1 saturated carbocycles. The number of aliphatic imine (C=N–C) groups is 1. The molecule has 5 atom stereocenters. The van der Waals surface area contributed by atoms with E-state index in [-0.39, 0.29) is 42.4 Å². The van der Waals surface area contributed by atoms with Crippen LogP contribution in [-0.2, 0) is 11.3 Å². The van der Waals surface area contributed by atoms with Gasteiger partial charge in [0.15, 0.2) is 11.6 Å². The molecule has 0 spiro atoms. The zero-order valence-electron chi connectivity index (χ0n) is 19.5. The Morgan fingerprint density at radius 1 is 1.22 bits per heavy atom. The van der Waals surface area contributed by atoms with Crippen molar-refractivity contribution in [3.8, 4) is 5.75 Å². The molecule has 1 aromatic carbocycles. The van der Waals surface area contributed by atoms with Crippen molar-refractivity contribution in [2.45, 2.75) is 62.7 Å². The van der Waals surface area contributed by atoms with Crippen molar-refractivity contribution >= 4 is 17.4 Å². The molecule has 1 aromatic heterocycles. The van der Waals surface area contributed by atoms with Gasteiger partial charge >= 0.3 is 0 Å². The standard InChI is InChI=1S/C24H26F3N5O4/c1-36-22-13(5-11(25)6-14(22)27)17-7-12(26)9-32(17)24(35)20-19-16(8-28-20)29-10-30-23(19)31-15-3-2-4-18(33)21(15)34/h5-6,10,12,15,17-18,21,33-34H,2-4,7-9H2,1H3,(H,29,30,31)/t12-,15+,17+,18+,21-/m0/s1. The van der Waals surface area contributed by atoms with E-state index in [9.17, 15) is 28.2 Å². The van der Waals surface area contributed by atoms with Gasteiger partial charge in [-0.1, -0.05) is 0 Å². The summed E-state index contributed by atoms with van der Waals surface area (Å²) in [5.41, 5.74) is 0.829. The zero-order chi connectivity index (χ0) is 25.6. The number of hydrogen-bond donors (Lipinski definition) is 3. The zero-order valence-corrected chi connectivity index (χ0v) is 19.5. The average molecular weight is 505 g/mol. The van der Waals surface area contributed by atoms with E-state index in [0.717, 1.165) is 6.07 Å². The highest BCUT2D eigenvalue weighted by Gasteiger charge is 2.42. The van der Waals surface area contributed by atoms with E-state index in [2.05, 4.69) is 20.3 Å². The highest BCUT2D eigenvalue weighted by Crippen LogP contribution is 2.41. The van der Waals surface area contributed by atoms with Crippen LogP contribution in [0.25, 0.3) is 0 Å². The van der Waals surface area contributed by atoms with Crippen LogP contribution < -0.4 is 10.1 Å². The van der Waals surface area contributed by atoms with E-state index >= 15 is 0 Å². The minimum absolute atomic E-state index is 0.00566. The maximum atomic E-state index is 14.6. The van der Waals surface area contributed by atoms with E-state index in [0.29, 0.717) is 36.6 Å². The molecule has 2 fully saturated rings. The van der Waals surface area contributed by atoms with Crippen LogP contribution in [0, 0.1) is 11.6 Å². The summed E-state index contributed by atoms with van der Waals surface area (Å²) in [4.78, 5) is 27.7. The number of alkyl halides is 1. The molecule has 0 radical (unpaired) electrons. The summed E-state index contributed by atoms with van der Waals surface area (Å²) in [6.45, 7) is -0.192. The van der Waals surface area contributed by atoms with Gasteiger partial charge in [-0.05, 0) is 25.3 Å². The summed E-state index contributed by atoms with van der Waals surface area (Å²) in [7, 11) is 1.22. The first kappa shape index (κ1) is 24.4. The Kier molecular flexibility index (Phi) is 6.56. The molecule has 0 unspecified atom stereocenters. The summed E-state index contributed by atoms with van der Waals surface area (Å²) in [5, 5.41) is 23.6. The molecule has 9 nitrogen and oxygen atoms in total. The lowest BCUT2D eigenvalue weighted by atomic mass is 9.90. The maximum absolute atomic E-state index is 14.6. The molecule has 3 heterocycles. The molecule has 1 aliphatic carbocycles. The summed E-state index contributed by atoms with van der Waals surface area (Å²) in [6.07, 6.45) is -0.401. The van der Waals surface area contributed by atoms with Gasteiger partial charge in [-0.2, -0.15) is 0 Å². The number of nitrogens with one attached hydrogen (secondary N) is 1. The van der Waals surface area contributed by atoms with Gasteiger partial charge in [0.05, 0.1) is 55.7 Å². The molecule has 3 aliphatic rings. The van der Waals surface area contributed by atoms with Gasteiger partial charge in [0.25, 0.3) is 5.91 Å². The fourth-order valence-electron chi connectivity index (χ4n) is 5.28. The Balaban J connectivity index is 1.47. The van der Waals surface area contributed by atoms with Crippen LogP contribution in [0.4, 0.5) is 19.0 Å². The number of benzene rings is 1. The fourth-order valence-corrected chi connectivity index (χ4v) is 5.28. The molecule has 0 bridgehead atoms. The van der Waals surface area contributed by atoms with Crippen LogP contribution in [0.3, 0.4) is 0 Å². The van der Waals surface area contributed by atoms with E-state index in [4.69, 9.17) is 4.74 Å². The Bertz CT molecular complexity index is 1210. The predicted octanol–water partition coefficient (Wildman–Crippen LogP) is 2.06. The average Bonchev–Trinajstić information content (AvgIpc) is 3.45. The topological polar surface area (TPSA) is 120 Å². The molecular weight excluding hydrogens is 479 g/mol. The van der Waals surface area contributed by atoms with E-state index in [1.807, 2.05) is 0 Å². The van der Waals surface area contributed by atoms with E-state index in [1.165, 1.54) is 18.3 Å². The molecule has 5 rings (SSSR count). The van der Waals surface area contributed by atoms with Gasteiger partial charge in [-0.3, -0.25) is 9.79 Å². The Hall–Kier alpha value is -3.25. The lowest BCUT2D eigenvalue weighted by Crippen LogP contribution is -2.46. The second-order valence-electron chi connectivity index (χ2n) is 9.26. The van der Waals surface area contributed by atoms with Crippen molar-refractivity contribution in [2.24, 2.45) is 4.99 Å². The first-order valence-corrected chi connectivity index (χ1v) is 11.8. The Morgan fingerprint density at radius 3 is 2.81 bits per heavy atom. The molecule has 2 aliphatic heterocycles. The number of halogens is 3. The molecule has 12 heteroatoms. The van der Waals surface area contributed by atoms with Crippen LogP contribution in [0.5, 0.6) is 5.75 Å². The van der Waals surface area contributed by atoms with E-state index < -0.39 is 48.0 Å².